The first-order chi connectivity index (χ1) is 7.83. The van der Waals surface area contributed by atoms with Gasteiger partial charge in [0.1, 0.15) is 10.4 Å². The Morgan fingerprint density at radius 3 is 2.81 bits per heavy atom. The predicted molar refractivity (Wildman–Crippen MR) is 64.9 cm³/mol. The molecule has 0 spiro atoms. The van der Waals surface area contributed by atoms with Gasteiger partial charge in [0.05, 0.1) is 5.69 Å². The topological polar surface area (TPSA) is 38.7 Å². The van der Waals surface area contributed by atoms with Crippen molar-refractivity contribution in [2.24, 2.45) is 0 Å². The van der Waals surface area contributed by atoms with E-state index in [4.69, 9.17) is 0 Å². The minimum Gasteiger partial charge on any atom is -0.264 e. The van der Waals surface area contributed by atoms with Gasteiger partial charge >= 0.3 is 0 Å². The summed E-state index contributed by atoms with van der Waals surface area (Å²) in [5, 5.41) is 0. The quantitative estimate of drug-likeness (QED) is 0.791. The van der Waals surface area contributed by atoms with Gasteiger partial charge in [0.2, 0.25) is 0 Å². The van der Waals surface area contributed by atoms with Gasteiger partial charge in [0.15, 0.2) is 0 Å². The zero-order valence-corrected chi connectivity index (χ0v) is 10.2. The third kappa shape index (κ3) is 1.97. The van der Waals surface area contributed by atoms with Gasteiger partial charge in [-0.3, -0.25) is 4.98 Å². The van der Waals surface area contributed by atoms with Crippen molar-refractivity contribution in [3.63, 3.8) is 0 Å². The van der Waals surface area contributed by atoms with E-state index in [1.165, 1.54) is 12.8 Å². The molecule has 0 radical (unpaired) electrons. The van der Waals surface area contributed by atoms with Crippen molar-refractivity contribution in [1.29, 1.82) is 0 Å². The first-order valence-corrected chi connectivity index (χ1v) is 6.07. The van der Waals surface area contributed by atoms with E-state index < -0.39 is 0 Å². The fourth-order valence-corrected chi connectivity index (χ4v) is 2.02. The van der Waals surface area contributed by atoms with Crippen molar-refractivity contribution >= 4 is 15.9 Å². The molecule has 0 amide bonds. The third-order valence-corrected chi connectivity index (χ3v) is 3.02. The van der Waals surface area contributed by atoms with Gasteiger partial charge < -0.3 is 0 Å². The molecule has 0 aromatic carbocycles. The Bertz CT molecular complexity index is 509. The number of rotatable bonds is 2. The second-order valence-electron chi connectivity index (χ2n) is 3.95. The van der Waals surface area contributed by atoms with Crippen LogP contribution in [-0.4, -0.2) is 15.0 Å². The van der Waals surface area contributed by atoms with Gasteiger partial charge in [-0.05, 0) is 47.0 Å². The largest absolute Gasteiger partial charge is 0.264 e. The van der Waals surface area contributed by atoms with Crippen LogP contribution >= 0.6 is 15.9 Å². The second kappa shape index (κ2) is 3.94. The first-order valence-electron chi connectivity index (χ1n) is 5.28. The Labute approximate surface area is 102 Å². The van der Waals surface area contributed by atoms with Gasteiger partial charge in [-0.15, -0.1) is 0 Å². The van der Waals surface area contributed by atoms with Crippen LogP contribution in [0.4, 0.5) is 0 Å². The van der Waals surface area contributed by atoms with Crippen molar-refractivity contribution in [2.75, 3.05) is 0 Å². The monoisotopic (exact) mass is 275 g/mol. The average molecular weight is 276 g/mol. The highest BCUT2D eigenvalue weighted by atomic mass is 79.9. The predicted octanol–water partition coefficient (Wildman–Crippen LogP) is 3.18. The van der Waals surface area contributed by atoms with Crippen LogP contribution in [0.5, 0.6) is 0 Å². The summed E-state index contributed by atoms with van der Waals surface area (Å²) in [5.41, 5.74) is 1.98. The van der Waals surface area contributed by atoms with Crippen LogP contribution in [0, 0.1) is 0 Å². The van der Waals surface area contributed by atoms with E-state index >= 15 is 0 Å². The summed E-state index contributed by atoms with van der Waals surface area (Å²) in [5.74, 6) is 1.51. The number of hydrogen-bond acceptors (Lipinski definition) is 3. The molecule has 3 nitrogen and oxygen atoms in total. The van der Waals surface area contributed by atoms with Gasteiger partial charge in [-0.2, -0.15) is 0 Å². The highest BCUT2D eigenvalue weighted by Crippen LogP contribution is 2.39. The molecule has 3 rings (SSSR count). The lowest BCUT2D eigenvalue weighted by atomic mass is 10.2. The lowest BCUT2D eigenvalue weighted by Gasteiger charge is -2.03. The smallest absolute Gasteiger partial charge is 0.133 e. The van der Waals surface area contributed by atoms with Crippen molar-refractivity contribution in [3.8, 4) is 11.3 Å². The fraction of sp³-hybridized carbons (Fsp3) is 0.250. The van der Waals surface area contributed by atoms with Crippen LogP contribution in [0.3, 0.4) is 0 Å². The SMILES string of the molecule is Brc1cc(-c2cccnc2)nc(C2CC2)n1. The van der Waals surface area contributed by atoms with Gasteiger partial charge in [0.25, 0.3) is 0 Å². The summed E-state index contributed by atoms with van der Waals surface area (Å²) in [6, 6.07) is 5.86. The fourth-order valence-electron chi connectivity index (χ4n) is 1.62. The van der Waals surface area contributed by atoms with E-state index in [0.29, 0.717) is 5.92 Å². The lowest BCUT2D eigenvalue weighted by molar-refractivity contribution is 0.919. The molecular formula is C12H10BrN3. The van der Waals surface area contributed by atoms with E-state index in [9.17, 15) is 0 Å². The van der Waals surface area contributed by atoms with E-state index in [0.717, 1.165) is 21.7 Å². The molecule has 16 heavy (non-hydrogen) atoms. The molecule has 80 valence electrons. The standard InChI is InChI=1S/C12H10BrN3/c13-11-6-10(9-2-1-5-14-7-9)15-12(16-11)8-3-4-8/h1-2,5-8H,3-4H2. The normalized spacial score (nSPS) is 15.1. The summed E-state index contributed by atoms with van der Waals surface area (Å²) >= 11 is 3.43. The molecule has 0 bridgehead atoms. The maximum absolute atomic E-state index is 4.58. The van der Waals surface area contributed by atoms with Crippen molar-refractivity contribution in [2.45, 2.75) is 18.8 Å². The van der Waals surface area contributed by atoms with Crippen LogP contribution in [0.15, 0.2) is 35.2 Å². The highest BCUT2D eigenvalue weighted by Gasteiger charge is 2.27. The lowest BCUT2D eigenvalue weighted by Crippen LogP contribution is -1.95. The molecule has 1 aliphatic carbocycles. The highest BCUT2D eigenvalue weighted by molar-refractivity contribution is 9.10. The molecule has 0 unspecified atom stereocenters. The summed E-state index contributed by atoms with van der Waals surface area (Å²) in [6.45, 7) is 0. The minimum atomic E-state index is 0.563. The minimum absolute atomic E-state index is 0.563. The molecular weight excluding hydrogens is 266 g/mol. The molecule has 1 fully saturated rings. The number of aromatic nitrogens is 3. The molecule has 2 heterocycles. The molecule has 0 N–H and O–H groups in total. The summed E-state index contributed by atoms with van der Waals surface area (Å²) in [7, 11) is 0. The number of halogens is 1. The Morgan fingerprint density at radius 2 is 2.12 bits per heavy atom. The zero-order chi connectivity index (χ0) is 11.0. The van der Waals surface area contributed by atoms with Crippen LogP contribution in [0.1, 0.15) is 24.6 Å². The average Bonchev–Trinajstić information content (AvgIpc) is 3.13. The molecule has 0 atom stereocenters. The van der Waals surface area contributed by atoms with Gasteiger partial charge in [0, 0.05) is 23.9 Å². The molecule has 0 aliphatic heterocycles. The first kappa shape index (κ1) is 9.90. The van der Waals surface area contributed by atoms with Crippen LogP contribution in [-0.2, 0) is 0 Å². The molecule has 4 heteroatoms. The number of hydrogen-bond donors (Lipinski definition) is 0. The molecule has 2 aromatic rings. The summed E-state index contributed by atoms with van der Waals surface area (Å²) < 4.78 is 0.850. The molecule has 0 saturated heterocycles. The van der Waals surface area contributed by atoms with E-state index in [1.807, 2.05) is 24.4 Å². The van der Waals surface area contributed by atoms with E-state index in [2.05, 4.69) is 30.9 Å². The second-order valence-corrected chi connectivity index (χ2v) is 4.76. The molecule has 2 aromatic heterocycles. The Morgan fingerprint density at radius 1 is 1.25 bits per heavy atom. The van der Waals surface area contributed by atoms with Crippen molar-refractivity contribution in [3.05, 3.63) is 41.0 Å². The van der Waals surface area contributed by atoms with Crippen LogP contribution < -0.4 is 0 Å². The molecule has 1 saturated carbocycles. The van der Waals surface area contributed by atoms with Gasteiger partial charge in [-0.1, -0.05) is 0 Å². The van der Waals surface area contributed by atoms with Crippen molar-refractivity contribution < 1.29 is 0 Å². The number of pyridine rings is 1. The molecule has 1 aliphatic rings. The number of nitrogens with zero attached hydrogens (tertiary/aromatic N) is 3. The van der Waals surface area contributed by atoms with E-state index in [-0.39, 0.29) is 0 Å². The Balaban J connectivity index is 2.06. The maximum Gasteiger partial charge on any atom is 0.133 e. The maximum atomic E-state index is 4.58. The van der Waals surface area contributed by atoms with E-state index in [1.54, 1.807) is 6.20 Å². The van der Waals surface area contributed by atoms with Crippen LogP contribution in [0.2, 0.25) is 0 Å². The van der Waals surface area contributed by atoms with Crippen molar-refractivity contribution in [1.82, 2.24) is 15.0 Å². The zero-order valence-electron chi connectivity index (χ0n) is 8.60. The van der Waals surface area contributed by atoms with Crippen LogP contribution in [0.25, 0.3) is 11.3 Å². The third-order valence-electron chi connectivity index (χ3n) is 2.61. The van der Waals surface area contributed by atoms with Gasteiger partial charge in [-0.25, -0.2) is 9.97 Å². The Hall–Kier alpha value is -1.29. The Kier molecular flexibility index (Phi) is 2.44. The summed E-state index contributed by atoms with van der Waals surface area (Å²) in [4.78, 5) is 13.1. The summed E-state index contributed by atoms with van der Waals surface area (Å²) in [6.07, 6.45) is 6.01.